The number of hydrogen-bond donors (Lipinski definition) is 2. The van der Waals surface area contributed by atoms with E-state index < -0.39 is 5.91 Å². The van der Waals surface area contributed by atoms with Crippen molar-refractivity contribution in [2.75, 3.05) is 5.32 Å². The van der Waals surface area contributed by atoms with Crippen molar-refractivity contribution in [3.05, 3.63) is 81.2 Å². The number of benzene rings is 2. The van der Waals surface area contributed by atoms with E-state index in [0.29, 0.717) is 16.9 Å². The Bertz CT molecular complexity index is 963. The summed E-state index contributed by atoms with van der Waals surface area (Å²) in [5.74, 6) is -0.710. The van der Waals surface area contributed by atoms with Crippen LogP contribution in [0.3, 0.4) is 0 Å². The van der Waals surface area contributed by atoms with Gasteiger partial charge in [-0.3, -0.25) is 9.59 Å². The molecule has 0 atom stereocenters. The molecule has 0 aliphatic carbocycles. The number of nitrogens with one attached hydrogen (secondary N) is 1. The lowest BCUT2D eigenvalue weighted by Crippen LogP contribution is -2.17. The fourth-order valence-electron chi connectivity index (χ4n) is 2.63. The predicted octanol–water partition coefficient (Wildman–Crippen LogP) is 3.74. The normalized spacial score (nSPS) is 10.5. The molecule has 0 bridgehead atoms. The first-order valence-corrected chi connectivity index (χ1v) is 8.68. The van der Waals surface area contributed by atoms with Gasteiger partial charge in [0.25, 0.3) is 5.91 Å². The highest BCUT2D eigenvalue weighted by molar-refractivity contribution is 14.1. The zero-order valence-corrected chi connectivity index (χ0v) is 15.7. The molecule has 0 saturated carbocycles. The number of carbonyl (C=O) groups excluding carboxylic acids is 2. The first kappa shape index (κ1) is 17.2. The van der Waals surface area contributed by atoms with Crippen LogP contribution in [0.15, 0.2) is 60.8 Å². The molecule has 25 heavy (non-hydrogen) atoms. The molecule has 0 fully saturated rings. The van der Waals surface area contributed by atoms with E-state index in [4.69, 9.17) is 5.73 Å². The van der Waals surface area contributed by atoms with E-state index in [0.717, 1.165) is 14.8 Å². The van der Waals surface area contributed by atoms with Crippen LogP contribution in [0.5, 0.6) is 0 Å². The van der Waals surface area contributed by atoms with Gasteiger partial charge in [0.2, 0.25) is 5.91 Å². The number of primary amides is 1. The Balaban J connectivity index is 1.87. The highest BCUT2D eigenvalue weighted by atomic mass is 127. The summed E-state index contributed by atoms with van der Waals surface area (Å²) in [6.07, 6.45) is 1.85. The number of aryl methyl sites for hydroxylation is 1. The number of hydrogen-bond acceptors (Lipinski definition) is 2. The minimum atomic E-state index is -0.483. The van der Waals surface area contributed by atoms with E-state index >= 15 is 0 Å². The minimum Gasteiger partial charge on any atom is -0.366 e. The number of aromatic nitrogens is 1. The number of nitrogens with zero attached hydrogens (tertiary/aromatic N) is 1. The summed E-state index contributed by atoms with van der Waals surface area (Å²) in [4.78, 5) is 24.0. The van der Waals surface area contributed by atoms with Gasteiger partial charge in [-0.1, -0.05) is 6.07 Å². The molecule has 3 N–H and O–H groups in total. The predicted molar refractivity (Wildman–Crippen MR) is 106 cm³/mol. The zero-order chi connectivity index (χ0) is 18.0. The van der Waals surface area contributed by atoms with Crippen molar-refractivity contribution in [1.29, 1.82) is 0 Å². The molecule has 126 valence electrons. The van der Waals surface area contributed by atoms with Gasteiger partial charge >= 0.3 is 0 Å². The number of rotatable bonds is 4. The number of carbonyl (C=O) groups is 2. The van der Waals surface area contributed by atoms with Crippen LogP contribution in [0.2, 0.25) is 0 Å². The largest absolute Gasteiger partial charge is 0.366 e. The molecular formula is C19H16IN3O2. The summed E-state index contributed by atoms with van der Waals surface area (Å²) < 4.78 is 2.93. The number of amides is 2. The van der Waals surface area contributed by atoms with Gasteiger partial charge < -0.3 is 15.6 Å². The summed E-state index contributed by atoms with van der Waals surface area (Å²) in [5, 5.41) is 2.86. The van der Waals surface area contributed by atoms with Gasteiger partial charge in [0.15, 0.2) is 0 Å². The average Bonchev–Trinajstić information content (AvgIpc) is 3.04. The maximum Gasteiger partial charge on any atom is 0.272 e. The van der Waals surface area contributed by atoms with Gasteiger partial charge in [0, 0.05) is 26.7 Å². The second-order valence-electron chi connectivity index (χ2n) is 5.59. The Hall–Kier alpha value is -2.61. The van der Waals surface area contributed by atoms with Crippen molar-refractivity contribution < 1.29 is 9.59 Å². The molecule has 2 aromatic carbocycles. The van der Waals surface area contributed by atoms with Crippen molar-refractivity contribution in [2.45, 2.75) is 6.92 Å². The third kappa shape index (κ3) is 3.74. The second kappa shape index (κ2) is 7.10. The molecule has 1 heterocycles. The van der Waals surface area contributed by atoms with E-state index in [9.17, 15) is 9.59 Å². The highest BCUT2D eigenvalue weighted by Gasteiger charge is 2.13. The third-order valence-electron chi connectivity index (χ3n) is 3.82. The van der Waals surface area contributed by atoms with E-state index in [1.165, 1.54) is 0 Å². The van der Waals surface area contributed by atoms with Crippen molar-refractivity contribution in [3.8, 4) is 5.69 Å². The lowest BCUT2D eigenvalue weighted by molar-refractivity contribution is 0.0997. The lowest BCUT2D eigenvalue weighted by atomic mass is 10.1. The first-order valence-electron chi connectivity index (χ1n) is 7.61. The van der Waals surface area contributed by atoms with E-state index in [2.05, 4.69) is 27.9 Å². The van der Waals surface area contributed by atoms with Crippen LogP contribution in [0.1, 0.15) is 26.4 Å². The summed E-state index contributed by atoms with van der Waals surface area (Å²) in [7, 11) is 0. The molecule has 2 amide bonds. The highest BCUT2D eigenvalue weighted by Crippen LogP contribution is 2.19. The van der Waals surface area contributed by atoms with E-state index in [1.54, 1.807) is 31.2 Å². The van der Waals surface area contributed by atoms with Crippen LogP contribution >= 0.6 is 22.6 Å². The molecule has 0 aliphatic rings. The van der Waals surface area contributed by atoms with Crippen LogP contribution in [-0.2, 0) is 0 Å². The lowest BCUT2D eigenvalue weighted by Gasteiger charge is -2.11. The van der Waals surface area contributed by atoms with Gasteiger partial charge in [-0.05, 0) is 83.6 Å². The Morgan fingerprint density at radius 2 is 1.88 bits per heavy atom. The summed E-state index contributed by atoms with van der Waals surface area (Å²) in [5.41, 5.74) is 8.53. The topological polar surface area (TPSA) is 77.1 Å². The average molecular weight is 445 g/mol. The van der Waals surface area contributed by atoms with Crippen molar-refractivity contribution in [3.63, 3.8) is 0 Å². The maximum atomic E-state index is 12.7. The molecule has 0 unspecified atom stereocenters. The number of anilines is 1. The smallest absolute Gasteiger partial charge is 0.272 e. The van der Waals surface area contributed by atoms with Gasteiger partial charge in [0.05, 0.1) is 0 Å². The van der Waals surface area contributed by atoms with Crippen LogP contribution in [-0.4, -0.2) is 16.4 Å². The van der Waals surface area contributed by atoms with Crippen molar-refractivity contribution in [2.24, 2.45) is 5.73 Å². The summed E-state index contributed by atoms with van der Waals surface area (Å²) in [6.45, 7) is 1.78. The van der Waals surface area contributed by atoms with Gasteiger partial charge in [0.1, 0.15) is 5.69 Å². The van der Waals surface area contributed by atoms with Crippen LogP contribution < -0.4 is 11.1 Å². The fourth-order valence-corrected chi connectivity index (χ4v) is 3.16. The molecule has 3 rings (SSSR count). The molecule has 3 aromatic rings. The monoisotopic (exact) mass is 445 g/mol. The van der Waals surface area contributed by atoms with Gasteiger partial charge in [-0.25, -0.2) is 0 Å². The summed E-state index contributed by atoms with van der Waals surface area (Å²) >= 11 is 2.24. The molecule has 6 heteroatoms. The van der Waals surface area contributed by atoms with E-state index in [-0.39, 0.29) is 5.91 Å². The number of nitrogens with two attached hydrogens (primary N) is 1. The fraction of sp³-hybridized carbons (Fsp3) is 0.0526. The Morgan fingerprint density at radius 3 is 2.56 bits per heavy atom. The number of halogens is 1. The Kier molecular flexibility index (Phi) is 4.89. The van der Waals surface area contributed by atoms with Gasteiger partial charge in [-0.15, -0.1) is 0 Å². The zero-order valence-electron chi connectivity index (χ0n) is 13.5. The molecule has 0 radical (unpaired) electrons. The van der Waals surface area contributed by atoms with Crippen LogP contribution in [0.4, 0.5) is 5.69 Å². The minimum absolute atomic E-state index is 0.227. The van der Waals surface area contributed by atoms with Crippen LogP contribution in [0, 0.1) is 10.5 Å². The standard InChI is InChI=1S/C19H16IN3O2/c1-12-10-14(7-8-16(12)18(21)24)22-19(25)17-6-3-9-23(17)15-5-2-4-13(20)11-15/h2-11H,1H3,(H2,21,24)(H,22,25). The Morgan fingerprint density at radius 1 is 1.08 bits per heavy atom. The van der Waals surface area contributed by atoms with Crippen molar-refractivity contribution >= 4 is 40.1 Å². The van der Waals surface area contributed by atoms with Crippen molar-refractivity contribution in [1.82, 2.24) is 4.57 Å². The second-order valence-corrected chi connectivity index (χ2v) is 6.84. The Labute approximate surface area is 159 Å². The summed E-state index contributed by atoms with van der Waals surface area (Å²) in [6, 6.07) is 16.5. The quantitative estimate of drug-likeness (QED) is 0.601. The molecule has 5 nitrogen and oxygen atoms in total. The molecule has 0 aliphatic heterocycles. The molecular weight excluding hydrogens is 429 g/mol. The van der Waals surface area contributed by atoms with E-state index in [1.807, 2.05) is 41.1 Å². The molecule has 0 spiro atoms. The maximum absolute atomic E-state index is 12.7. The third-order valence-corrected chi connectivity index (χ3v) is 4.49. The first-order chi connectivity index (χ1) is 12.0. The molecule has 1 aromatic heterocycles. The SMILES string of the molecule is Cc1cc(NC(=O)c2cccn2-c2cccc(I)c2)ccc1C(N)=O. The molecule has 0 saturated heterocycles. The van der Waals surface area contributed by atoms with Gasteiger partial charge in [-0.2, -0.15) is 0 Å². The van der Waals surface area contributed by atoms with Crippen LogP contribution in [0.25, 0.3) is 5.69 Å².